The summed E-state index contributed by atoms with van der Waals surface area (Å²) in [4.78, 5) is 12.4. The topological polar surface area (TPSA) is 46.9 Å². The van der Waals surface area contributed by atoms with E-state index < -0.39 is 0 Å². The summed E-state index contributed by atoms with van der Waals surface area (Å²) in [5.74, 6) is 0.603. The van der Waals surface area contributed by atoms with Crippen LogP contribution in [0.5, 0.6) is 0 Å². The first-order valence-electron chi connectivity index (χ1n) is 8.07. The molecule has 1 aliphatic rings. The highest BCUT2D eigenvalue weighted by Gasteiger charge is 2.23. The Bertz CT molecular complexity index is 645. The van der Waals surface area contributed by atoms with E-state index in [1.54, 1.807) is 6.20 Å². The summed E-state index contributed by atoms with van der Waals surface area (Å²) in [5.41, 5.74) is 2.77. The molecule has 0 spiro atoms. The largest absolute Gasteiger partial charge is 0.349 e. The fraction of sp³-hybridized carbons (Fsp3) is 0.444. The van der Waals surface area contributed by atoms with Crippen LogP contribution in [0.4, 0.5) is 0 Å². The normalized spacial score (nSPS) is 21.5. The van der Waals surface area contributed by atoms with Crippen molar-refractivity contribution < 1.29 is 4.79 Å². The second-order valence-electron chi connectivity index (χ2n) is 6.27. The summed E-state index contributed by atoms with van der Waals surface area (Å²) in [6.45, 7) is 4.24. The van der Waals surface area contributed by atoms with Gasteiger partial charge in [-0.15, -0.1) is 0 Å². The van der Waals surface area contributed by atoms with E-state index in [9.17, 15) is 4.79 Å². The molecule has 1 aromatic heterocycles. The zero-order valence-corrected chi connectivity index (χ0v) is 13.2. The number of nitrogens with zero attached hydrogens (tertiary/aromatic N) is 2. The second-order valence-corrected chi connectivity index (χ2v) is 6.27. The molecule has 3 rings (SSSR count). The molecule has 0 bridgehead atoms. The van der Waals surface area contributed by atoms with E-state index in [0.717, 1.165) is 17.8 Å². The first kappa shape index (κ1) is 14.8. The Morgan fingerprint density at radius 3 is 2.55 bits per heavy atom. The summed E-state index contributed by atoms with van der Waals surface area (Å²) in [7, 11) is 0. The van der Waals surface area contributed by atoms with Gasteiger partial charge in [-0.25, -0.2) is 4.68 Å². The second kappa shape index (κ2) is 6.34. The molecule has 1 heterocycles. The third-order valence-electron chi connectivity index (χ3n) is 4.63. The van der Waals surface area contributed by atoms with Crippen LogP contribution in [0, 0.1) is 12.8 Å². The lowest BCUT2D eigenvalue weighted by atomic mass is 9.86. The van der Waals surface area contributed by atoms with E-state index in [-0.39, 0.29) is 5.91 Å². The highest BCUT2D eigenvalue weighted by molar-refractivity contribution is 5.94. The van der Waals surface area contributed by atoms with E-state index in [2.05, 4.69) is 17.3 Å². The Morgan fingerprint density at radius 2 is 1.91 bits per heavy atom. The number of hydrogen-bond donors (Lipinski definition) is 1. The summed E-state index contributed by atoms with van der Waals surface area (Å²) < 4.78 is 1.87. The molecule has 1 aliphatic carbocycles. The van der Waals surface area contributed by atoms with Crippen molar-refractivity contribution in [2.75, 3.05) is 0 Å². The molecule has 22 heavy (non-hydrogen) atoms. The van der Waals surface area contributed by atoms with Crippen molar-refractivity contribution >= 4 is 5.91 Å². The maximum Gasteiger partial charge on any atom is 0.251 e. The summed E-state index contributed by atoms with van der Waals surface area (Å²) >= 11 is 0. The van der Waals surface area contributed by atoms with Crippen LogP contribution < -0.4 is 5.32 Å². The van der Waals surface area contributed by atoms with E-state index >= 15 is 0 Å². The molecule has 4 nitrogen and oxygen atoms in total. The first-order chi connectivity index (χ1) is 10.6. The molecule has 1 saturated carbocycles. The lowest BCUT2D eigenvalue weighted by Gasteiger charge is -2.29. The van der Waals surface area contributed by atoms with Crippen molar-refractivity contribution in [1.29, 1.82) is 0 Å². The standard InChI is InChI=1S/C18H23N3O/c1-13-5-3-4-6-17(13)20-18(22)15-7-9-16(10-8-15)21-14(2)11-12-19-21/h7-13,17H,3-6H2,1-2H3,(H,20,22)/t13-,17-/m1/s1. The predicted octanol–water partition coefficient (Wildman–Crippen LogP) is 3.49. The van der Waals surface area contributed by atoms with E-state index in [1.807, 2.05) is 41.9 Å². The quantitative estimate of drug-likeness (QED) is 0.942. The monoisotopic (exact) mass is 297 g/mol. The van der Waals surface area contributed by atoms with Gasteiger partial charge in [0.1, 0.15) is 0 Å². The average molecular weight is 297 g/mol. The summed E-state index contributed by atoms with van der Waals surface area (Å²) in [5, 5.41) is 7.47. The van der Waals surface area contributed by atoms with Crippen molar-refractivity contribution in [1.82, 2.24) is 15.1 Å². The average Bonchev–Trinajstić information content (AvgIpc) is 2.96. The fourth-order valence-corrected chi connectivity index (χ4v) is 3.18. The number of amides is 1. The van der Waals surface area contributed by atoms with E-state index in [1.165, 1.54) is 19.3 Å². The maximum absolute atomic E-state index is 12.4. The number of hydrogen-bond acceptors (Lipinski definition) is 2. The van der Waals surface area contributed by atoms with Crippen LogP contribution >= 0.6 is 0 Å². The van der Waals surface area contributed by atoms with Crippen molar-refractivity contribution in [3.63, 3.8) is 0 Å². The van der Waals surface area contributed by atoms with Crippen LogP contribution in [-0.2, 0) is 0 Å². The molecule has 4 heteroatoms. The molecule has 0 saturated heterocycles. The first-order valence-corrected chi connectivity index (χ1v) is 8.07. The van der Waals surface area contributed by atoms with Gasteiger partial charge >= 0.3 is 0 Å². The Hall–Kier alpha value is -2.10. The number of carbonyl (C=O) groups excluding carboxylic acids is 1. The number of nitrogens with one attached hydrogen (secondary N) is 1. The molecule has 1 fully saturated rings. The van der Waals surface area contributed by atoms with E-state index in [0.29, 0.717) is 17.5 Å². The van der Waals surface area contributed by atoms with Gasteiger partial charge in [0.15, 0.2) is 0 Å². The lowest BCUT2D eigenvalue weighted by Crippen LogP contribution is -2.41. The van der Waals surface area contributed by atoms with Crippen molar-refractivity contribution in [2.24, 2.45) is 5.92 Å². The Labute approximate surface area is 131 Å². The molecule has 0 radical (unpaired) electrons. The molecular weight excluding hydrogens is 274 g/mol. The maximum atomic E-state index is 12.4. The minimum Gasteiger partial charge on any atom is -0.349 e. The van der Waals surface area contributed by atoms with Crippen LogP contribution in [0.25, 0.3) is 5.69 Å². The number of aryl methyl sites for hydroxylation is 1. The summed E-state index contributed by atoms with van der Waals surface area (Å²) in [6.07, 6.45) is 6.58. The smallest absolute Gasteiger partial charge is 0.251 e. The molecule has 1 N–H and O–H groups in total. The van der Waals surface area contributed by atoms with Crippen LogP contribution in [-0.4, -0.2) is 21.7 Å². The molecule has 0 unspecified atom stereocenters. The van der Waals surface area contributed by atoms with Gasteiger partial charge in [-0.1, -0.05) is 19.8 Å². The van der Waals surface area contributed by atoms with Crippen LogP contribution in [0.1, 0.15) is 48.7 Å². The highest BCUT2D eigenvalue weighted by Crippen LogP contribution is 2.24. The lowest BCUT2D eigenvalue weighted by molar-refractivity contribution is 0.0910. The van der Waals surface area contributed by atoms with Gasteiger partial charge in [0.25, 0.3) is 5.91 Å². The molecule has 2 aromatic rings. The molecule has 1 amide bonds. The van der Waals surface area contributed by atoms with Crippen LogP contribution in [0.3, 0.4) is 0 Å². The van der Waals surface area contributed by atoms with Gasteiger partial charge in [-0.05, 0) is 56.0 Å². The summed E-state index contributed by atoms with van der Waals surface area (Å²) in [6, 6.07) is 9.91. The van der Waals surface area contributed by atoms with Gasteiger partial charge in [0.05, 0.1) is 5.69 Å². The molecule has 0 aliphatic heterocycles. The SMILES string of the molecule is Cc1ccnn1-c1ccc(C(=O)N[C@@H]2CCCC[C@H]2C)cc1. The fourth-order valence-electron chi connectivity index (χ4n) is 3.18. The Kier molecular flexibility index (Phi) is 4.27. The third kappa shape index (κ3) is 3.06. The number of aromatic nitrogens is 2. The van der Waals surface area contributed by atoms with Crippen molar-refractivity contribution in [3.05, 3.63) is 47.8 Å². The number of carbonyl (C=O) groups is 1. The van der Waals surface area contributed by atoms with Gasteiger partial charge in [0, 0.05) is 23.5 Å². The minimum absolute atomic E-state index is 0.0301. The molecule has 2 atom stereocenters. The minimum atomic E-state index is 0.0301. The van der Waals surface area contributed by atoms with Gasteiger partial charge in [-0.3, -0.25) is 4.79 Å². The third-order valence-corrected chi connectivity index (χ3v) is 4.63. The predicted molar refractivity (Wildman–Crippen MR) is 87.2 cm³/mol. The van der Waals surface area contributed by atoms with Crippen molar-refractivity contribution in [2.45, 2.75) is 45.6 Å². The Balaban J connectivity index is 1.70. The van der Waals surface area contributed by atoms with Gasteiger partial charge in [0.2, 0.25) is 0 Å². The molecular formula is C18H23N3O. The van der Waals surface area contributed by atoms with Gasteiger partial charge < -0.3 is 5.32 Å². The van der Waals surface area contributed by atoms with Gasteiger partial charge in [-0.2, -0.15) is 5.10 Å². The van der Waals surface area contributed by atoms with Crippen molar-refractivity contribution in [3.8, 4) is 5.69 Å². The Morgan fingerprint density at radius 1 is 1.18 bits per heavy atom. The van der Waals surface area contributed by atoms with E-state index in [4.69, 9.17) is 0 Å². The van der Waals surface area contributed by atoms with Crippen LogP contribution in [0.2, 0.25) is 0 Å². The zero-order chi connectivity index (χ0) is 15.5. The zero-order valence-electron chi connectivity index (χ0n) is 13.2. The number of benzene rings is 1. The number of rotatable bonds is 3. The van der Waals surface area contributed by atoms with Crippen LogP contribution in [0.15, 0.2) is 36.5 Å². The molecule has 116 valence electrons. The molecule has 1 aromatic carbocycles. The highest BCUT2D eigenvalue weighted by atomic mass is 16.1.